The van der Waals surface area contributed by atoms with Crippen molar-refractivity contribution in [2.45, 2.75) is 13.1 Å². The van der Waals surface area contributed by atoms with Crippen LogP contribution in [0.3, 0.4) is 0 Å². The number of fused-ring (bicyclic) bond motifs is 1. The number of imide groups is 1. The van der Waals surface area contributed by atoms with Gasteiger partial charge in [-0.15, -0.1) is 0 Å². The van der Waals surface area contributed by atoms with Gasteiger partial charge in [0.1, 0.15) is 12.4 Å². The summed E-state index contributed by atoms with van der Waals surface area (Å²) in [5.41, 5.74) is -0.0145. The van der Waals surface area contributed by atoms with E-state index in [-0.39, 0.29) is 22.8 Å². The summed E-state index contributed by atoms with van der Waals surface area (Å²) >= 11 is 0. The number of rotatable bonds is 4. The standard InChI is InChI=1S/C20H14F3N5O3/c1-11-8-16(28(26-11)15-7-6-12(9-24-15)20(21,22)23)25-17(29)10-27-18(30)13-4-2-3-5-14(13)19(27)31/h2-9H,10H2,1H3,(H,25,29). The van der Waals surface area contributed by atoms with Crippen LogP contribution in [0.2, 0.25) is 0 Å². The molecular formula is C20H14F3N5O3. The maximum absolute atomic E-state index is 12.8. The normalized spacial score (nSPS) is 13.5. The number of pyridine rings is 1. The van der Waals surface area contributed by atoms with Crippen LogP contribution in [0.15, 0.2) is 48.7 Å². The Morgan fingerprint density at radius 2 is 1.71 bits per heavy atom. The Morgan fingerprint density at radius 1 is 1.06 bits per heavy atom. The molecule has 0 saturated heterocycles. The first kappa shape index (κ1) is 20.3. The molecule has 0 spiro atoms. The average molecular weight is 429 g/mol. The molecule has 3 heterocycles. The van der Waals surface area contributed by atoms with Gasteiger partial charge < -0.3 is 5.32 Å². The van der Waals surface area contributed by atoms with Crippen molar-refractivity contribution < 1.29 is 27.6 Å². The molecule has 1 N–H and O–H groups in total. The molecule has 4 rings (SSSR count). The lowest BCUT2D eigenvalue weighted by atomic mass is 10.1. The number of hydrogen-bond donors (Lipinski definition) is 1. The van der Waals surface area contributed by atoms with Crippen molar-refractivity contribution in [2.75, 3.05) is 11.9 Å². The van der Waals surface area contributed by atoms with Crippen molar-refractivity contribution in [3.8, 4) is 5.82 Å². The predicted octanol–water partition coefficient (Wildman–Crippen LogP) is 2.83. The number of alkyl halides is 3. The summed E-state index contributed by atoms with van der Waals surface area (Å²) in [7, 11) is 0. The third-order valence-corrected chi connectivity index (χ3v) is 4.57. The van der Waals surface area contributed by atoms with Crippen LogP contribution in [-0.4, -0.2) is 43.9 Å². The minimum absolute atomic E-state index is 0.0529. The summed E-state index contributed by atoms with van der Waals surface area (Å²) in [4.78, 5) is 41.9. The minimum atomic E-state index is -4.53. The van der Waals surface area contributed by atoms with E-state index in [2.05, 4.69) is 15.4 Å². The summed E-state index contributed by atoms with van der Waals surface area (Å²) in [5, 5.41) is 6.65. The van der Waals surface area contributed by atoms with Crippen LogP contribution in [0.4, 0.5) is 19.0 Å². The van der Waals surface area contributed by atoms with Gasteiger partial charge in [-0.05, 0) is 31.2 Å². The summed E-state index contributed by atoms with van der Waals surface area (Å²) in [6.07, 6.45) is -3.87. The van der Waals surface area contributed by atoms with Gasteiger partial charge in [0.2, 0.25) is 5.91 Å². The number of aromatic nitrogens is 3. The molecule has 31 heavy (non-hydrogen) atoms. The quantitative estimate of drug-likeness (QED) is 0.644. The number of hydrogen-bond acceptors (Lipinski definition) is 5. The number of anilines is 1. The van der Waals surface area contributed by atoms with E-state index < -0.39 is 36.0 Å². The number of nitrogens with one attached hydrogen (secondary N) is 1. The third kappa shape index (κ3) is 3.77. The Morgan fingerprint density at radius 3 is 2.26 bits per heavy atom. The van der Waals surface area contributed by atoms with Crippen molar-refractivity contribution >= 4 is 23.5 Å². The maximum Gasteiger partial charge on any atom is 0.417 e. The molecule has 0 bridgehead atoms. The number of carbonyl (C=O) groups excluding carboxylic acids is 3. The smallest absolute Gasteiger partial charge is 0.309 e. The van der Waals surface area contributed by atoms with E-state index in [9.17, 15) is 27.6 Å². The van der Waals surface area contributed by atoms with Gasteiger partial charge in [-0.1, -0.05) is 12.1 Å². The fourth-order valence-corrected chi connectivity index (χ4v) is 3.15. The molecule has 0 fully saturated rings. The van der Waals surface area contributed by atoms with Crippen molar-refractivity contribution in [3.63, 3.8) is 0 Å². The maximum atomic E-state index is 12.8. The highest BCUT2D eigenvalue weighted by Crippen LogP contribution is 2.29. The molecule has 1 aliphatic heterocycles. The molecule has 0 radical (unpaired) electrons. The van der Waals surface area contributed by atoms with Crippen LogP contribution < -0.4 is 5.32 Å². The van der Waals surface area contributed by atoms with Crippen molar-refractivity contribution in [1.82, 2.24) is 19.7 Å². The number of amides is 3. The average Bonchev–Trinajstić information content (AvgIpc) is 3.20. The molecule has 0 atom stereocenters. The first-order valence-electron chi connectivity index (χ1n) is 9.00. The number of aryl methyl sites for hydroxylation is 1. The summed E-state index contributed by atoms with van der Waals surface area (Å²) < 4.78 is 39.4. The van der Waals surface area contributed by atoms with Crippen LogP contribution in [0.25, 0.3) is 5.82 Å². The Hall–Kier alpha value is -4.02. The first-order valence-corrected chi connectivity index (χ1v) is 9.00. The Balaban J connectivity index is 1.53. The molecule has 3 amide bonds. The number of halogens is 3. The van der Waals surface area contributed by atoms with Gasteiger partial charge in [0, 0.05) is 12.3 Å². The summed E-state index contributed by atoms with van der Waals surface area (Å²) in [5.74, 6) is -1.65. The minimum Gasteiger partial charge on any atom is -0.309 e. The molecule has 11 heteroatoms. The van der Waals surface area contributed by atoms with E-state index in [0.29, 0.717) is 11.9 Å². The second kappa shape index (κ2) is 7.35. The SMILES string of the molecule is Cc1cc(NC(=O)CN2C(=O)c3ccccc3C2=O)n(-c2ccc(C(F)(F)F)cn2)n1. The number of benzene rings is 1. The highest BCUT2D eigenvalue weighted by atomic mass is 19.4. The Kier molecular flexibility index (Phi) is 4.80. The number of carbonyl (C=O) groups is 3. The second-order valence-electron chi connectivity index (χ2n) is 6.78. The van der Waals surface area contributed by atoms with E-state index in [1.54, 1.807) is 19.1 Å². The second-order valence-corrected chi connectivity index (χ2v) is 6.78. The molecule has 8 nitrogen and oxygen atoms in total. The molecule has 0 saturated carbocycles. The molecule has 3 aromatic rings. The van der Waals surface area contributed by atoms with Crippen LogP contribution >= 0.6 is 0 Å². The van der Waals surface area contributed by atoms with Gasteiger partial charge in [-0.2, -0.15) is 23.0 Å². The van der Waals surface area contributed by atoms with E-state index in [1.165, 1.54) is 18.2 Å². The van der Waals surface area contributed by atoms with Crippen molar-refractivity contribution in [2.24, 2.45) is 0 Å². The van der Waals surface area contributed by atoms with Crippen LogP contribution in [0, 0.1) is 6.92 Å². The Bertz CT molecular complexity index is 1170. The van der Waals surface area contributed by atoms with Crippen molar-refractivity contribution in [3.05, 3.63) is 71.0 Å². The number of nitrogens with zero attached hydrogens (tertiary/aromatic N) is 4. The zero-order chi connectivity index (χ0) is 22.3. The lowest BCUT2D eigenvalue weighted by Crippen LogP contribution is -2.37. The zero-order valence-electron chi connectivity index (χ0n) is 16.0. The van der Waals surface area contributed by atoms with Crippen LogP contribution in [0.5, 0.6) is 0 Å². The highest BCUT2D eigenvalue weighted by Gasteiger charge is 2.36. The van der Waals surface area contributed by atoms with Gasteiger partial charge in [0.25, 0.3) is 11.8 Å². The van der Waals surface area contributed by atoms with E-state index in [1.807, 2.05) is 0 Å². The van der Waals surface area contributed by atoms with E-state index in [4.69, 9.17) is 0 Å². The van der Waals surface area contributed by atoms with Gasteiger partial charge in [-0.25, -0.2) is 4.98 Å². The Labute approximate surface area is 173 Å². The largest absolute Gasteiger partial charge is 0.417 e. The summed E-state index contributed by atoms with van der Waals surface area (Å²) in [6, 6.07) is 9.70. The van der Waals surface area contributed by atoms with Gasteiger partial charge >= 0.3 is 6.18 Å². The van der Waals surface area contributed by atoms with Crippen LogP contribution in [-0.2, 0) is 11.0 Å². The predicted molar refractivity (Wildman–Crippen MR) is 102 cm³/mol. The molecule has 1 aliphatic rings. The van der Waals surface area contributed by atoms with Gasteiger partial charge in [-0.3, -0.25) is 19.3 Å². The van der Waals surface area contributed by atoms with Crippen molar-refractivity contribution in [1.29, 1.82) is 0 Å². The zero-order valence-corrected chi connectivity index (χ0v) is 16.0. The fraction of sp³-hybridized carbons (Fsp3) is 0.150. The van der Waals surface area contributed by atoms with E-state index >= 15 is 0 Å². The lowest BCUT2D eigenvalue weighted by molar-refractivity contribution is -0.137. The molecule has 2 aromatic heterocycles. The van der Waals surface area contributed by atoms with Gasteiger partial charge in [0.15, 0.2) is 5.82 Å². The fourth-order valence-electron chi connectivity index (χ4n) is 3.15. The molecule has 1 aromatic carbocycles. The highest BCUT2D eigenvalue weighted by molar-refractivity contribution is 6.22. The molecular weight excluding hydrogens is 415 g/mol. The molecule has 0 unspecified atom stereocenters. The van der Waals surface area contributed by atoms with E-state index in [0.717, 1.165) is 21.7 Å². The van der Waals surface area contributed by atoms with Crippen LogP contribution in [0.1, 0.15) is 32.0 Å². The van der Waals surface area contributed by atoms with Gasteiger partial charge in [0.05, 0.1) is 22.4 Å². The molecule has 0 aliphatic carbocycles. The first-order chi connectivity index (χ1) is 14.6. The monoisotopic (exact) mass is 429 g/mol. The lowest BCUT2D eigenvalue weighted by Gasteiger charge is -2.14. The summed E-state index contributed by atoms with van der Waals surface area (Å²) in [6.45, 7) is 1.09. The molecule has 158 valence electrons. The topological polar surface area (TPSA) is 97.2 Å². The third-order valence-electron chi connectivity index (χ3n) is 4.57.